The van der Waals surface area contributed by atoms with E-state index in [1.54, 1.807) is 19.5 Å². The number of ether oxygens (including phenoxy) is 1. The lowest BCUT2D eigenvalue weighted by atomic mass is 10.0. The molecule has 1 aromatic carbocycles. The van der Waals surface area contributed by atoms with E-state index in [2.05, 4.69) is 35.2 Å². The Bertz CT molecular complexity index is 586. The molecule has 4 heteroatoms. The van der Waals surface area contributed by atoms with Crippen LogP contribution >= 0.6 is 0 Å². The summed E-state index contributed by atoms with van der Waals surface area (Å²) in [6, 6.07) is 8.49. The van der Waals surface area contributed by atoms with Crippen LogP contribution in [-0.4, -0.2) is 17.1 Å². The third kappa shape index (κ3) is 3.58. The van der Waals surface area contributed by atoms with Gasteiger partial charge in [-0.15, -0.1) is 0 Å². The van der Waals surface area contributed by atoms with Gasteiger partial charge in [-0.3, -0.25) is 9.97 Å². The zero-order chi connectivity index (χ0) is 15.2. The highest BCUT2D eigenvalue weighted by molar-refractivity contribution is 5.36. The van der Waals surface area contributed by atoms with Gasteiger partial charge in [0.05, 0.1) is 18.5 Å². The summed E-state index contributed by atoms with van der Waals surface area (Å²) in [7, 11) is 1.71. The highest BCUT2D eigenvalue weighted by Crippen LogP contribution is 2.29. The maximum atomic E-state index is 5.47. The van der Waals surface area contributed by atoms with Crippen LogP contribution in [0.2, 0.25) is 0 Å². The lowest BCUT2D eigenvalue weighted by molar-refractivity contribution is 0.386. The van der Waals surface area contributed by atoms with Crippen LogP contribution in [0.25, 0.3) is 0 Å². The van der Waals surface area contributed by atoms with Crippen LogP contribution in [0.1, 0.15) is 49.3 Å². The molecule has 2 aromatic rings. The largest absolute Gasteiger partial charge is 0.496 e. The Morgan fingerprint density at radius 3 is 2.57 bits per heavy atom. The lowest BCUT2D eigenvalue weighted by Crippen LogP contribution is -2.26. The van der Waals surface area contributed by atoms with Gasteiger partial charge in [0.1, 0.15) is 5.75 Å². The quantitative estimate of drug-likeness (QED) is 0.881. The molecule has 0 spiro atoms. The Labute approximate surface area is 126 Å². The summed E-state index contributed by atoms with van der Waals surface area (Å²) in [6.07, 6.45) is 4.44. The standard InChI is InChI=1S/C17H23N3O/c1-5-15(14-8-6-7-9-16(14)21-4)20-13(3)17-12(2)18-10-11-19-17/h6-11,13,15,20H,5H2,1-4H3. The van der Waals surface area contributed by atoms with E-state index in [1.807, 2.05) is 25.1 Å². The molecule has 112 valence electrons. The molecule has 0 aliphatic heterocycles. The van der Waals surface area contributed by atoms with Crippen molar-refractivity contribution >= 4 is 0 Å². The fourth-order valence-electron chi connectivity index (χ4n) is 2.61. The summed E-state index contributed by atoms with van der Waals surface area (Å²) >= 11 is 0. The Morgan fingerprint density at radius 1 is 1.19 bits per heavy atom. The number of nitrogens with zero attached hydrogens (tertiary/aromatic N) is 2. The molecule has 1 heterocycles. The minimum atomic E-state index is 0.133. The summed E-state index contributed by atoms with van der Waals surface area (Å²) in [6.45, 7) is 6.28. The van der Waals surface area contributed by atoms with Gasteiger partial charge in [-0.05, 0) is 26.3 Å². The minimum absolute atomic E-state index is 0.133. The van der Waals surface area contributed by atoms with Gasteiger partial charge >= 0.3 is 0 Å². The first-order valence-electron chi connectivity index (χ1n) is 7.33. The summed E-state index contributed by atoms with van der Waals surface area (Å²) in [5.41, 5.74) is 3.13. The van der Waals surface area contributed by atoms with Crippen LogP contribution in [0.15, 0.2) is 36.7 Å². The number of hydrogen-bond donors (Lipinski definition) is 1. The number of rotatable bonds is 6. The molecule has 1 N–H and O–H groups in total. The number of nitrogens with one attached hydrogen (secondary N) is 1. The van der Waals surface area contributed by atoms with Crippen LogP contribution in [0.4, 0.5) is 0 Å². The molecule has 2 atom stereocenters. The SMILES string of the molecule is CCC(NC(C)c1nccnc1C)c1ccccc1OC. The van der Waals surface area contributed by atoms with E-state index >= 15 is 0 Å². The normalized spacial score (nSPS) is 13.7. The topological polar surface area (TPSA) is 47.0 Å². The Morgan fingerprint density at radius 2 is 1.90 bits per heavy atom. The maximum Gasteiger partial charge on any atom is 0.123 e. The van der Waals surface area contributed by atoms with E-state index in [-0.39, 0.29) is 12.1 Å². The van der Waals surface area contributed by atoms with E-state index in [9.17, 15) is 0 Å². The van der Waals surface area contributed by atoms with E-state index in [4.69, 9.17) is 4.74 Å². The third-order valence-electron chi connectivity index (χ3n) is 3.70. The molecule has 0 amide bonds. The molecule has 1 aromatic heterocycles. The van der Waals surface area contributed by atoms with Crippen molar-refractivity contribution in [3.63, 3.8) is 0 Å². The van der Waals surface area contributed by atoms with Crippen molar-refractivity contribution in [2.24, 2.45) is 0 Å². The van der Waals surface area contributed by atoms with Crippen molar-refractivity contribution in [1.82, 2.24) is 15.3 Å². The monoisotopic (exact) mass is 285 g/mol. The van der Waals surface area contributed by atoms with E-state index in [0.29, 0.717) is 0 Å². The average Bonchev–Trinajstić information content (AvgIpc) is 2.52. The van der Waals surface area contributed by atoms with Gasteiger partial charge in [-0.25, -0.2) is 0 Å². The van der Waals surface area contributed by atoms with Gasteiger partial charge < -0.3 is 10.1 Å². The molecule has 0 bridgehead atoms. The molecule has 0 aliphatic rings. The molecule has 2 rings (SSSR count). The summed E-state index contributed by atoms with van der Waals surface area (Å²) in [5, 5.41) is 3.63. The molecule has 2 unspecified atom stereocenters. The second-order valence-corrected chi connectivity index (χ2v) is 5.12. The van der Waals surface area contributed by atoms with Crippen LogP contribution in [0.3, 0.4) is 0 Å². The molecule has 0 saturated carbocycles. The van der Waals surface area contributed by atoms with Crippen LogP contribution in [-0.2, 0) is 0 Å². The molecule has 21 heavy (non-hydrogen) atoms. The van der Waals surface area contributed by atoms with E-state index in [0.717, 1.165) is 23.6 Å². The zero-order valence-electron chi connectivity index (χ0n) is 13.1. The fourth-order valence-corrected chi connectivity index (χ4v) is 2.61. The number of methoxy groups -OCH3 is 1. The number of hydrogen-bond acceptors (Lipinski definition) is 4. The van der Waals surface area contributed by atoms with Gasteiger partial charge in [0.25, 0.3) is 0 Å². The predicted molar refractivity (Wildman–Crippen MR) is 84.3 cm³/mol. The Balaban J connectivity index is 2.21. The van der Waals surface area contributed by atoms with Crippen LogP contribution in [0, 0.1) is 6.92 Å². The molecule has 0 saturated heterocycles. The number of aromatic nitrogens is 2. The fraction of sp³-hybridized carbons (Fsp3) is 0.412. The average molecular weight is 285 g/mol. The van der Waals surface area contributed by atoms with Crippen molar-refractivity contribution in [1.29, 1.82) is 0 Å². The van der Waals surface area contributed by atoms with Gasteiger partial charge in [-0.1, -0.05) is 25.1 Å². The predicted octanol–water partition coefficient (Wildman–Crippen LogP) is 3.60. The summed E-state index contributed by atoms with van der Waals surface area (Å²) in [4.78, 5) is 8.76. The maximum absolute atomic E-state index is 5.47. The first kappa shape index (κ1) is 15.4. The third-order valence-corrected chi connectivity index (χ3v) is 3.70. The first-order valence-corrected chi connectivity index (χ1v) is 7.33. The number of para-hydroxylation sites is 1. The number of benzene rings is 1. The van der Waals surface area contributed by atoms with Crippen molar-refractivity contribution in [2.45, 2.75) is 39.3 Å². The second kappa shape index (κ2) is 7.18. The number of aryl methyl sites for hydroxylation is 1. The van der Waals surface area contributed by atoms with E-state index in [1.165, 1.54) is 5.56 Å². The van der Waals surface area contributed by atoms with Gasteiger partial charge in [-0.2, -0.15) is 0 Å². The Hall–Kier alpha value is -1.94. The summed E-state index contributed by atoms with van der Waals surface area (Å²) < 4.78 is 5.47. The molecule has 4 nitrogen and oxygen atoms in total. The second-order valence-electron chi connectivity index (χ2n) is 5.12. The summed E-state index contributed by atoms with van der Waals surface area (Å²) in [5.74, 6) is 0.917. The molecular formula is C17H23N3O. The lowest BCUT2D eigenvalue weighted by Gasteiger charge is -2.24. The molecular weight excluding hydrogens is 262 g/mol. The van der Waals surface area contributed by atoms with E-state index < -0.39 is 0 Å². The Kier molecular flexibility index (Phi) is 5.28. The highest BCUT2D eigenvalue weighted by Gasteiger charge is 2.18. The van der Waals surface area contributed by atoms with Gasteiger partial charge in [0.2, 0.25) is 0 Å². The van der Waals surface area contributed by atoms with Crippen LogP contribution in [0.5, 0.6) is 5.75 Å². The smallest absolute Gasteiger partial charge is 0.123 e. The van der Waals surface area contributed by atoms with Crippen molar-refractivity contribution in [3.05, 3.63) is 53.6 Å². The van der Waals surface area contributed by atoms with Crippen LogP contribution < -0.4 is 10.1 Å². The zero-order valence-corrected chi connectivity index (χ0v) is 13.1. The van der Waals surface area contributed by atoms with Gasteiger partial charge in [0.15, 0.2) is 0 Å². The van der Waals surface area contributed by atoms with Crippen molar-refractivity contribution in [2.75, 3.05) is 7.11 Å². The van der Waals surface area contributed by atoms with Crippen molar-refractivity contribution in [3.8, 4) is 5.75 Å². The first-order chi connectivity index (χ1) is 10.2. The molecule has 0 radical (unpaired) electrons. The van der Waals surface area contributed by atoms with Gasteiger partial charge in [0, 0.05) is 30.0 Å². The highest BCUT2D eigenvalue weighted by atomic mass is 16.5. The van der Waals surface area contributed by atoms with Crippen molar-refractivity contribution < 1.29 is 4.74 Å². The minimum Gasteiger partial charge on any atom is -0.496 e. The molecule has 0 aliphatic carbocycles. The molecule has 0 fully saturated rings.